The molecular weight excluding hydrogens is 248 g/mol. The van der Waals surface area contributed by atoms with Gasteiger partial charge in [-0.25, -0.2) is 8.78 Å². The lowest BCUT2D eigenvalue weighted by Gasteiger charge is -2.49. The van der Waals surface area contributed by atoms with Gasteiger partial charge >= 0.3 is 0 Å². The molecule has 3 atom stereocenters. The standard InChI is InChI=1S/C14H27F2N3/c1-10(2)18-7-8-19(11(3)9-18)12-5-4-6-14(15,16)13(12)17/h10-13H,4-9,17H2,1-3H3/t11-,12-,13+/m0/s1. The average Bonchev–Trinajstić information content (AvgIpc) is 2.33. The van der Waals surface area contributed by atoms with Gasteiger partial charge in [-0.1, -0.05) is 0 Å². The molecule has 1 heterocycles. The van der Waals surface area contributed by atoms with E-state index in [0.29, 0.717) is 18.5 Å². The first-order chi connectivity index (χ1) is 8.83. The summed E-state index contributed by atoms with van der Waals surface area (Å²) in [5, 5.41) is 0. The Morgan fingerprint density at radius 2 is 1.95 bits per heavy atom. The van der Waals surface area contributed by atoms with Crippen LogP contribution in [0.4, 0.5) is 8.78 Å². The number of halogens is 2. The van der Waals surface area contributed by atoms with Crippen molar-refractivity contribution in [3.63, 3.8) is 0 Å². The summed E-state index contributed by atoms with van der Waals surface area (Å²) in [4.78, 5) is 4.63. The maximum atomic E-state index is 13.8. The second kappa shape index (κ2) is 5.62. The van der Waals surface area contributed by atoms with E-state index in [-0.39, 0.29) is 12.5 Å². The molecule has 5 heteroatoms. The number of piperazine rings is 1. The van der Waals surface area contributed by atoms with E-state index >= 15 is 0 Å². The van der Waals surface area contributed by atoms with Gasteiger partial charge in [-0.05, 0) is 33.6 Å². The first kappa shape index (κ1) is 15.1. The number of hydrogen-bond donors (Lipinski definition) is 1. The summed E-state index contributed by atoms with van der Waals surface area (Å²) < 4.78 is 27.5. The number of hydrogen-bond acceptors (Lipinski definition) is 3. The van der Waals surface area contributed by atoms with Crippen LogP contribution in [0.15, 0.2) is 0 Å². The lowest BCUT2D eigenvalue weighted by atomic mass is 9.85. The van der Waals surface area contributed by atoms with Gasteiger partial charge in [0.2, 0.25) is 0 Å². The van der Waals surface area contributed by atoms with Gasteiger partial charge in [0, 0.05) is 44.2 Å². The molecule has 1 saturated heterocycles. The highest BCUT2D eigenvalue weighted by molar-refractivity contribution is 4.99. The van der Waals surface area contributed by atoms with Crippen LogP contribution in [0.25, 0.3) is 0 Å². The normalized spacial score (nSPS) is 37.7. The van der Waals surface area contributed by atoms with Gasteiger partial charge in [-0.3, -0.25) is 9.80 Å². The fourth-order valence-electron chi connectivity index (χ4n) is 3.51. The molecule has 0 amide bonds. The highest BCUT2D eigenvalue weighted by Crippen LogP contribution is 2.35. The Labute approximate surface area is 115 Å². The van der Waals surface area contributed by atoms with Crippen LogP contribution in [-0.2, 0) is 0 Å². The molecule has 0 aromatic rings. The smallest absolute Gasteiger partial charge is 0.264 e. The van der Waals surface area contributed by atoms with E-state index in [1.54, 1.807) is 0 Å². The summed E-state index contributed by atoms with van der Waals surface area (Å²) in [6.07, 6.45) is 1.34. The van der Waals surface area contributed by atoms with Crippen molar-refractivity contribution in [3.05, 3.63) is 0 Å². The van der Waals surface area contributed by atoms with Crippen LogP contribution in [-0.4, -0.2) is 59.5 Å². The van der Waals surface area contributed by atoms with Crippen LogP contribution in [0.2, 0.25) is 0 Å². The van der Waals surface area contributed by atoms with Gasteiger partial charge in [0.05, 0.1) is 6.04 Å². The molecule has 2 rings (SSSR count). The molecule has 2 aliphatic rings. The minimum atomic E-state index is -2.70. The van der Waals surface area contributed by atoms with Crippen molar-refractivity contribution in [1.82, 2.24) is 9.80 Å². The summed E-state index contributed by atoms with van der Waals surface area (Å²) in [5.41, 5.74) is 5.84. The Morgan fingerprint density at radius 1 is 1.26 bits per heavy atom. The molecule has 3 nitrogen and oxygen atoms in total. The van der Waals surface area contributed by atoms with E-state index in [4.69, 9.17) is 5.73 Å². The molecule has 0 bridgehead atoms. The minimum absolute atomic E-state index is 0.0506. The van der Waals surface area contributed by atoms with Crippen molar-refractivity contribution < 1.29 is 8.78 Å². The third kappa shape index (κ3) is 3.09. The van der Waals surface area contributed by atoms with Gasteiger partial charge in [0.25, 0.3) is 5.92 Å². The van der Waals surface area contributed by atoms with Gasteiger partial charge in [0.15, 0.2) is 0 Å². The van der Waals surface area contributed by atoms with Gasteiger partial charge in [-0.15, -0.1) is 0 Å². The second-order valence-corrected chi connectivity index (χ2v) is 6.42. The highest BCUT2D eigenvalue weighted by atomic mass is 19.3. The molecule has 1 saturated carbocycles. The summed E-state index contributed by atoms with van der Waals surface area (Å²) in [6.45, 7) is 9.26. The van der Waals surface area contributed by atoms with Gasteiger partial charge in [-0.2, -0.15) is 0 Å². The van der Waals surface area contributed by atoms with Crippen LogP contribution >= 0.6 is 0 Å². The molecule has 1 aliphatic heterocycles. The molecule has 0 aromatic carbocycles. The van der Waals surface area contributed by atoms with Crippen LogP contribution in [0, 0.1) is 0 Å². The minimum Gasteiger partial charge on any atom is -0.321 e. The third-order valence-corrected chi connectivity index (χ3v) is 4.78. The SMILES string of the molecule is CC(C)N1CCN([C@H]2CCCC(F)(F)[C@@H]2N)[C@@H](C)C1. The molecule has 2 N–H and O–H groups in total. The quantitative estimate of drug-likeness (QED) is 0.835. The summed E-state index contributed by atoms with van der Waals surface area (Å²) in [5.74, 6) is -2.70. The fraction of sp³-hybridized carbons (Fsp3) is 1.00. The van der Waals surface area contributed by atoms with E-state index in [2.05, 4.69) is 30.6 Å². The van der Waals surface area contributed by atoms with Crippen LogP contribution < -0.4 is 5.73 Å². The van der Waals surface area contributed by atoms with Crippen LogP contribution in [0.5, 0.6) is 0 Å². The monoisotopic (exact) mass is 275 g/mol. The lowest BCUT2D eigenvalue weighted by molar-refractivity contribution is -0.0964. The largest absolute Gasteiger partial charge is 0.321 e. The van der Waals surface area contributed by atoms with E-state index in [0.717, 1.165) is 26.1 Å². The Morgan fingerprint density at radius 3 is 2.53 bits per heavy atom. The fourth-order valence-corrected chi connectivity index (χ4v) is 3.51. The lowest BCUT2D eigenvalue weighted by Crippen LogP contribution is -2.65. The molecule has 0 unspecified atom stereocenters. The highest BCUT2D eigenvalue weighted by Gasteiger charge is 2.47. The molecule has 0 aromatic heterocycles. The summed E-state index contributed by atoms with van der Waals surface area (Å²) in [6, 6.07) is -0.338. The van der Waals surface area contributed by atoms with Gasteiger partial charge < -0.3 is 5.73 Å². The van der Waals surface area contributed by atoms with E-state index in [9.17, 15) is 8.78 Å². The zero-order chi connectivity index (χ0) is 14.2. The van der Waals surface area contributed by atoms with Crippen molar-refractivity contribution in [2.75, 3.05) is 19.6 Å². The first-order valence-corrected chi connectivity index (χ1v) is 7.46. The Hall–Kier alpha value is -0.260. The number of rotatable bonds is 2. The molecule has 19 heavy (non-hydrogen) atoms. The Kier molecular flexibility index (Phi) is 4.48. The predicted molar refractivity (Wildman–Crippen MR) is 73.4 cm³/mol. The van der Waals surface area contributed by atoms with Crippen LogP contribution in [0.1, 0.15) is 40.0 Å². The van der Waals surface area contributed by atoms with E-state index in [1.165, 1.54) is 0 Å². The summed E-state index contributed by atoms with van der Waals surface area (Å²) in [7, 11) is 0. The van der Waals surface area contributed by atoms with Gasteiger partial charge in [0.1, 0.15) is 0 Å². The topological polar surface area (TPSA) is 32.5 Å². The molecule has 0 radical (unpaired) electrons. The van der Waals surface area contributed by atoms with E-state index < -0.39 is 12.0 Å². The number of nitrogens with zero attached hydrogens (tertiary/aromatic N) is 2. The molecule has 2 fully saturated rings. The molecule has 0 spiro atoms. The molecular formula is C14H27F2N3. The third-order valence-electron chi connectivity index (χ3n) is 4.78. The van der Waals surface area contributed by atoms with Crippen molar-refractivity contribution in [2.24, 2.45) is 5.73 Å². The molecule has 1 aliphatic carbocycles. The number of nitrogens with two attached hydrogens (primary N) is 1. The predicted octanol–water partition coefficient (Wildman–Crippen LogP) is 1.92. The van der Waals surface area contributed by atoms with Crippen molar-refractivity contribution in [2.45, 2.75) is 70.1 Å². The average molecular weight is 275 g/mol. The Bertz CT molecular complexity index is 309. The zero-order valence-electron chi connectivity index (χ0n) is 12.3. The van der Waals surface area contributed by atoms with Crippen LogP contribution in [0.3, 0.4) is 0 Å². The maximum Gasteiger partial charge on any atom is 0.264 e. The first-order valence-electron chi connectivity index (χ1n) is 7.46. The molecule has 112 valence electrons. The number of alkyl halides is 2. The Balaban J connectivity index is 2.02. The van der Waals surface area contributed by atoms with Crippen molar-refractivity contribution in [1.29, 1.82) is 0 Å². The summed E-state index contributed by atoms with van der Waals surface area (Å²) >= 11 is 0. The maximum absolute atomic E-state index is 13.8. The zero-order valence-corrected chi connectivity index (χ0v) is 12.3. The van der Waals surface area contributed by atoms with E-state index in [1.807, 2.05) is 0 Å². The second-order valence-electron chi connectivity index (χ2n) is 6.42. The van der Waals surface area contributed by atoms with Crippen molar-refractivity contribution in [3.8, 4) is 0 Å². The van der Waals surface area contributed by atoms with Crippen molar-refractivity contribution >= 4 is 0 Å².